The summed E-state index contributed by atoms with van der Waals surface area (Å²) in [6, 6.07) is 9.02. The topological polar surface area (TPSA) is 82.0 Å². The second kappa shape index (κ2) is 4.03. The lowest BCUT2D eigenvalue weighted by atomic mass is 10.1. The average Bonchev–Trinajstić information content (AvgIpc) is 2.72. The summed E-state index contributed by atoms with van der Waals surface area (Å²) in [7, 11) is 0. The minimum atomic E-state index is -0.225. The van der Waals surface area contributed by atoms with Crippen LogP contribution in [0.5, 0.6) is 11.8 Å². The average molecular weight is 241 g/mol. The second-order valence-corrected chi connectivity index (χ2v) is 4.04. The van der Waals surface area contributed by atoms with Gasteiger partial charge in [0.1, 0.15) is 5.82 Å². The van der Waals surface area contributed by atoms with E-state index in [9.17, 15) is 10.2 Å². The number of benzene rings is 1. The molecule has 2 heterocycles. The van der Waals surface area contributed by atoms with Gasteiger partial charge in [0, 0.05) is 23.5 Å². The van der Waals surface area contributed by atoms with Crippen molar-refractivity contribution >= 4 is 10.9 Å². The first-order chi connectivity index (χ1) is 8.72. The van der Waals surface area contributed by atoms with Crippen LogP contribution >= 0.6 is 0 Å². The first-order valence-corrected chi connectivity index (χ1v) is 5.53. The molecule has 3 N–H and O–H groups in total. The molecule has 0 saturated heterocycles. The van der Waals surface area contributed by atoms with E-state index in [1.807, 2.05) is 30.5 Å². The van der Waals surface area contributed by atoms with Gasteiger partial charge in [0.05, 0.1) is 6.07 Å². The fourth-order valence-corrected chi connectivity index (χ4v) is 2.00. The molecule has 18 heavy (non-hydrogen) atoms. The summed E-state index contributed by atoms with van der Waals surface area (Å²) in [5.74, 6) is -0.0630. The zero-order chi connectivity index (χ0) is 12.5. The van der Waals surface area contributed by atoms with E-state index in [2.05, 4.69) is 15.0 Å². The van der Waals surface area contributed by atoms with E-state index in [0.717, 1.165) is 22.5 Å². The van der Waals surface area contributed by atoms with Crippen LogP contribution in [0.2, 0.25) is 0 Å². The van der Waals surface area contributed by atoms with Crippen molar-refractivity contribution in [3.8, 4) is 11.8 Å². The van der Waals surface area contributed by atoms with Crippen molar-refractivity contribution in [1.29, 1.82) is 0 Å². The highest BCUT2D eigenvalue weighted by molar-refractivity contribution is 5.83. The van der Waals surface area contributed by atoms with Gasteiger partial charge in [0.25, 0.3) is 0 Å². The van der Waals surface area contributed by atoms with Crippen LogP contribution in [0.4, 0.5) is 0 Å². The second-order valence-electron chi connectivity index (χ2n) is 4.04. The fraction of sp³-hybridized carbons (Fsp3) is 0.0769. The number of hydrogen-bond donors (Lipinski definition) is 3. The Bertz CT molecular complexity index is 686. The Morgan fingerprint density at radius 2 is 1.78 bits per heavy atom. The Kier molecular flexibility index (Phi) is 2.37. The van der Waals surface area contributed by atoms with Crippen LogP contribution < -0.4 is 0 Å². The van der Waals surface area contributed by atoms with Crippen molar-refractivity contribution in [2.75, 3.05) is 0 Å². The van der Waals surface area contributed by atoms with E-state index in [4.69, 9.17) is 0 Å². The van der Waals surface area contributed by atoms with Gasteiger partial charge in [-0.2, -0.15) is 9.97 Å². The first kappa shape index (κ1) is 10.6. The fourth-order valence-electron chi connectivity index (χ4n) is 2.00. The number of rotatable bonds is 2. The Labute approximate surface area is 103 Å². The molecule has 0 aliphatic heterocycles. The molecule has 0 unspecified atom stereocenters. The van der Waals surface area contributed by atoms with Crippen molar-refractivity contribution < 1.29 is 10.2 Å². The summed E-state index contributed by atoms with van der Waals surface area (Å²) >= 11 is 0. The monoisotopic (exact) mass is 241 g/mol. The number of aromatic nitrogens is 3. The van der Waals surface area contributed by atoms with Gasteiger partial charge in [-0.1, -0.05) is 18.2 Å². The maximum Gasteiger partial charge on any atom is 0.217 e. The lowest BCUT2D eigenvalue weighted by Gasteiger charge is -2.00. The molecule has 0 aliphatic rings. The maximum atomic E-state index is 9.32. The summed E-state index contributed by atoms with van der Waals surface area (Å²) in [6.07, 6.45) is 2.33. The predicted molar refractivity (Wildman–Crippen MR) is 66.5 cm³/mol. The number of aromatic hydroxyl groups is 2. The van der Waals surface area contributed by atoms with E-state index >= 15 is 0 Å². The number of aromatic amines is 1. The highest BCUT2D eigenvalue weighted by atomic mass is 16.3. The molecular formula is C13H11N3O2. The molecule has 0 bridgehead atoms. The molecule has 0 radical (unpaired) electrons. The molecule has 5 nitrogen and oxygen atoms in total. The van der Waals surface area contributed by atoms with Gasteiger partial charge in [-0.15, -0.1) is 0 Å². The maximum absolute atomic E-state index is 9.32. The van der Waals surface area contributed by atoms with Crippen molar-refractivity contribution in [2.24, 2.45) is 0 Å². The minimum absolute atomic E-state index is 0.225. The molecule has 3 aromatic rings. The van der Waals surface area contributed by atoms with Crippen LogP contribution in [0.25, 0.3) is 10.9 Å². The number of para-hydroxylation sites is 1. The van der Waals surface area contributed by atoms with E-state index in [1.54, 1.807) is 0 Å². The summed E-state index contributed by atoms with van der Waals surface area (Å²) in [5, 5.41) is 19.7. The molecule has 0 atom stereocenters. The minimum Gasteiger partial charge on any atom is -0.493 e. The van der Waals surface area contributed by atoms with Crippen LogP contribution in [0.15, 0.2) is 36.5 Å². The standard InChI is InChI=1S/C13H11N3O2/c17-12-6-13(18)16-11(15-12)5-8-7-14-10-4-2-1-3-9(8)10/h1-4,6-7,14H,5H2,(H2,15,16,17,18). The molecule has 0 saturated carbocycles. The van der Waals surface area contributed by atoms with Gasteiger partial charge in [-0.25, -0.2) is 0 Å². The third kappa shape index (κ3) is 1.86. The summed E-state index contributed by atoms with van der Waals surface area (Å²) < 4.78 is 0. The zero-order valence-corrected chi connectivity index (χ0v) is 9.46. The van der Waals surface area contributed by atoms with Crippen LogP contribution in [-0.2, 0) is 6.42 Å². The molecule has 0 spiro atoms. The van der Waals surface area contributed by atoms with Gasteiger partial charge in [-0.3, -0.25) is 0 Å². The van der Waals surface area contributed by atoms with E-state index in [0.29, 0.717) is 12.2 Å². The van der Waals surface area contributed by atoms with Crippen molar-refractivity contribution in [2.45, 2.75) is 6.42 Å². The number of fused-ring (bicyclic) bond motifs is 1. The summed E-state index contributed by atoms with van der Waals surface area (Å²) in [5.41, 5.74) is 2.06. The van der Waals surface area contributed by atoms with Gasteiger partial charge in [0.15, 0.2) is 0 Å². The Morgan fingerprint density at radius 1 is 1.06 bits per heavy atom. The highest BCUT2D eigenvalue weighted by Crippen LogP contribution is 2.21. The first-order valence-electron chi connectivity index (χ1n) is 5.53. The largest absolute Gasteiger partial charge is 0.493 e. The van der Waals surface area contributed by atoms with Crippen LogP contribution in [0.1, 0.15) is 11.4 Å². The van der Waals surface area contributed by atoms with Crippen LogP contribution in [0, 0.1) is 0 Å². The number of H-pyrrole nitrogens is 1. The quantitative estimate of drug-likeness (QED) is 0.640. The van der Waals surface area contributed by atoms with Gasteiger partial charge in [-0.05, 0) is 11.6 Å². The number of nitrogens with one attached hydrogen (secondary N) is 1. The molecule has 1 aromatic carbocycles. The van der Waals surface area contributed by atoms with Gasteiger partial charge >= 0.3 is 0 Å². The van der Waals surface area contributed by atoms with Crippen LogP contribution in [0.3, 0.4) is 0 Å². The molecular weight excluding hydrogens is 230 g/mol. The Hall–Kier alpha value is -2.56. The Balaban J connectivity index is 2.01. The van der Waals surface area contributed by atoms with Crippen molar-refractivity contribution in [1.82, 2.24) is 15.0 Å². The van der Waals surface area contributed by atoms with Crippen LogP contribution in [-0.4, -0.2) is 25.2 Å². The smallest absolute Gasteiger partial charge is 0.217 e. The normalized spacial score (nSPS) is 10.9. The lowest BCUT2D eigenvalue weighted by Crippen LogP contribution is -1.95. The number of nitrogens with zero attached hydrogens (tertiary/aromatic N) is 2. The summed E-state index contributed by atoms with van der Waals surface area (Å²) in [6.45, 7) is 0. The molecule has 3 rings (SSSR count). The molecule has 0 aliphatic carbocycles. The van der Waals surface area contributed by atoms with E-state index in [-0.39, 0.29) is 11.8 Å². The third-order valence-corrected chi connectivity index (χ3v) is 2.77. The molecule has 0 fully saturated rings. The molecule has 2 aromatic heterocycles. The SMILES string of the molecule is Oc1cc(O)nc(Cc2c[nH]c3ccccc23)n1. The van der Waals surface area contributed by atoms with E-state index in [1.165, 1.54) is 0 Å². The highest BCUT2D eigenvalue weighted by Gasteiger charge is 2.08. The van der Waals surface area contributed by atoms with E-state index < -0.39 is 0 Å². The van der Waals surface area contributed by atoms with Crippen molar-refractivity contribution in [3.63, 3.8) is 0 Å². The third-order valence-electron chi connectivity index (χ3n) is 2.77. The molecule has 90 valence electrons. The van der Waals surface area contributed by atoms with Gasteiger partial charge < -0.3 is 15.2 Å². The molecule has 5 heteroatoms. The Morgan fingerprint density at radius 3 is 2.56 bits per heavy atom. The number of hydrogen-bond acceptors (Lipinski definition) is 4. The zero-order valence-electron chi connectivity index (χ0n) is 9.46. The van der Waals surface area contributed by atoms with Crippen molar-refractivity contribution in [3.05, 3.63) is 47.9 Å². The lowest BCUT2D eigenvalue weighted by molar-refractivity contribution is 0.417. The molecule has 0 amide bonds. The predicted octanol–water partition coefficient (Wildman–Crippen LogP) is 1.96. The summed E-state index contributed by atoms with van der Waals surface area (Å²) in [4.78, 5) is 10.9. The van der Waals surface area contributed by atoms with Gasteiger partial charge in [0.2, 0.25) is 11.8 Å².